The highest BCUT2D eigenvalue weighted by Crippen LogP contribution is 2.39. The Labute approximate surface area is 221 Å². The van der Waals surface area contributed by atoms with Gasteiger partial charge in [-0.15, -0.1) is 0 Å². The van der Waals surface area contributed by atoms with Crippen LogP contribution in [0.3, 0.4) is 0 Å². The molecule has 0 atom stereocenters. The fourth-order valence-electron chi connectivity index (χ4n) is 3.95. The quantitative estimate of drug-likeness (QED) is 0.300. The molecule has 0 aliphatic heterocycles. The average molecular weight is 517 g/mol. The molecule has 0 unspecified atom stereocenters. The molecule has 4 nitrogen and oxygen atoms in total. The SMILES string of the molecule is C=C/C=C1/C=C(c2ccc(OCc3c(-c4c(Cl)cccc4Cl)noc3C(C)C)cc2)C=C/C1=N/C=C. The highest BCUT2D eigenvalue weighted by Gasteiger charge is 2.23. The van der Waals surface area contributed by atoms with Crippen molar-refractivity contribution in [1.82, 2.24) is 5.16 Å². The van der Waals surface area contributed by atoms with Crippen molar-refractivity contribution in [3.8, 4) is 17.0 Å². The first-order chi connectivity index (χ1) is 17.4. The summed E-state index contributed by atoms with van der Waals surface area (Å²) in [4.78, 5) is 4.32. The summed E-state index contributed by atoms with van der Waals surface area (Å²) in [6.45, 7) is 11.8. The molecule has 36 heavy (non-hydrogen) atoms. The van der Waals surface area contributed by atoms with Crippen molar-refractivity contribution in [2.75, 3.05) is 0 Å². The van der Waals surface area contributed by atoms with Crippen LogP contribution in [0.5, 0.6) is 5.75 Å². The maximum Gasteiger partial charge on any atom is 0.146 e. The molecule has 1 aliphatic rings. The first-order valence-electron chi connectivity index (χ1n) is 11.5. The normalized spacial score (nSPS) is 15.4. The second kappa shape index (κ2) is 11.4. The van der Waals surface area contributed by atoms with Crippen molar-refractivity contribution in [2.45, 2.75) is 26.4 Å². The number of allylic oxidation sites excluding steroid dienone is 7. The number of hydrogen-bond acceptors (Lipinski definition) is 4. The zero-order valence-corrected chi connectivity index (χ0v) is 21.7. The molecule has 6 heteroatoms. The highest BCUT2D eigenvalue weighted by molar-refractivity contribution is 6.39. The number of rotatable bonds is 8. The third-order valence-corrected chi connectivity index (χ3v) is 6.30. The van der Waals surface area contributed by atoms with Crippen molar-refractivity contribution < 1.29 is 9.26 Å². The smallest absolute Gasteiger partial charge is 0.146 e. The lowest BCUT2D eigenvalue weighted by Gasteiger charge is -2.13. The van der Waals surface area contributed by atoms with E-state index in [4.69, 9.17) is 32.5 Å². The van der Waals surface area contributed by atoms with Crippen LogP contribution in [0.2, 0.25) is 10.0 Å². The molecule has 0 spiro atoms. The maximum absolute atomic E-state index is 6.45. The molecule has 3 aromatic rings. The summed E-state index contributed by atoms with van der Waals surface area (Å²) in [6, 6.07) is 13.3. The molecule has 0 bridgehead atoms. The van der Waals surface area contributed by atoms with Crippen LogP contribution in [0.1, 0.15) is 36.7 Å². The molecule has 1 heterocycles. The van der Waals surface area contributed by atoms with Crippen molar-refractivity contribution in [3.63, 3.8) is 0 Å². The second-order valence-corrected chi connectivity index (χ2v) is 9.24. The summed E-state index contributed by atoms with van der Waals surface area (Å²) in [5.41, 5.74) is 6.01. The molecule has 0 radical (unpaired) electrons. The molecule has 1 aromatic heterocycles. The van der Waals surface area contributed by atoms with E-state index < -0.39 is 0 Å². The van der Waals surface area contributed by atoms with E-state index in [2.05, 4.69) is 29.4 Å². The van der Waals surface area contributed by atoms with Gasteiger partial charge in [-0.1, -0.05) is 91.8 Å². The molecule has 0 saturated heterocycles. The molecule has 0 amide bonds. The van der Waals surface area contributed by atoms with Gasteiger partial charge in [-0.3, -0.25) is 4.99 Å². The minimum atomic E-state index is 0.117. The predicted molar refractivity (Wildman–Crippen MR) is 150 cm³/mol. The zero-order chi connectivity index (χ0) is 25.7. The highest BCUT2D eigenvalue weighted by atomic mass is 35.5. The van der Waals surface area contributed by atoms with Crippen molar-refractivity contribution in [1.29, 1.82) is 0 Å². The third-order valence-electron chi connectivity index (χ3n) is 5.67. The molecule has 4 rings (SSSR count). The topological polar surface area (TPSA) is 47.6 Å². The summed E-state index contributed by atoms with van der Waals surface area (Å²) in [5, 5.41) is 5.31. The van der Waals surface area contributed by atoms with E-state index in [1.54, 1.807) is 24.3 Å². The Hall–Kier alpha value is -3.60. The van der Waals surface area contributed by atoms with E-state index >= 15 is 0 Å². The van der Waals surface area contributed by atoms with Gasteiger partial charge in [0.1, 0.15) is 23.8 Å². The average Bonchev–Trinajstić information content (AvgIpc) is 3.28. The van der Waals surface area contributed by atoms with Crippen LogP contribution in [0.25, 0.3) is 16.8 Å². The molecular weight excluding hydrogens is 491 g/mol. The van der Waals surface area contributed by atoms with Crippen LogP contribution in [0, 0.1) is 0 Å². The molecule has 182 valence electrons. The molecular formula is C30H26Cl2N2O2. The van der Waals surface area contributed by atoms with Gasteiger partial charge in [0.25, 0.3) is 0 Å². The minimum Gasteiger partial charge on any atom is -0.489 e. The van der Waals surface area contributed by atoms with Crippen molar-refractivity contribution >= 4 is 34.5 Å². The lowest BCUT2D eigenvalue weighted by atomic mass is 9.95. The van der Waals surface area contributed by atoms with Gasteiger partial charge in [0.15, 0.2) is 0 Å². The second-order valence-electron chi connectivity index (χ2n) is 8.43. The monoisotopic (exact) mass is 516 g/mol. The Bertz CT molecular complexity index is 1390. The third kappa shape index (κ3) is 5.46. The van der Waals surface area contributed by atoms with Gasteiger partial charge >= 0.3 is 0 Å². The number of nitrogens with zero attached hydrogens (tertiary/aromatic N) is 2. The lowest BCUT2D eigenvalue weighted by molar-refractivity contribution is 0.298. The van der Waals surface area contributed by atoms with Crippen LogP contribution in [0.15, 0.2) is 107 Å². The minimum absolute atomic E-state index is 0.117. The maximum atomic E-state index is 6.45. The number of hydrogen-bond donors (Lipinski definition) is 0. The van der Waals surface area contributed by atoms with E-state index in [-0.39, 0.29) is 12.5 Å². The fraction of sp³-hybridized carbons (Fsp3) is 0.133. The Balaban J connectivity index is 1.57. The van der Waals surface area contributed by atoms with Crippen LogP contribution >= 0.6 is 23.2 Å². The van der Waals surface area contributed by atoms with Crippen LogP contribution < -0.4 is 4.74 Å². The number of ether oxygens (including phenoxy) is 1. The Morgan fingerprint density at radius 3 is 2.42 bits per heavy atom. The van der Waals surface area contributed by atoms with Gasteiger partial charge in [-0.05, 0) is 47.6 Å². The van der Waals surface area contributed by atoms with E-state index in [0.717, 1.165) is 39.5 Å². The summed E-state index contributed by atoms with van der Waals surface area (Å²) in [5.74, 6) is 1.58. The van der Waals surface area contributed by atoms with Crippen molar-refractivity contribution in [3.05, 3.63) is 125 Å². The van der Waals surface area contributed by atoms with E-state index in [1.165, 1.54) is 6.20 Å². The summed E-state index contributed by atoms with van der Waals surface area (Å²) < 4.78 is 11.8. The first kappa shape index (κ1) is 25.5. The molecule has 1 aliphatic carbocycles. The van der Waals surface area contributed by atoms with Gasteiger partial charge in [0.2, 0.25) is 0 Å². The van der Waals surface area contributed by atoms with Crippen LogP contribution in [-0.2, 0) is 6.61 Å². The Morgan fingerprint density at radius 1 is 1.06 bits per heavy atom. The predicted octanol–water partition coefficient (Wildman–Crippen LogP) is 9.00. The van der Waals surface area contributed by atoms with Crippen molar-refractivity contribution in [2.24, 2.45) is 4.99 Å². The molecule has 0 fully saturated rings. The molecule has 0 N–H and O–H groups in total. The molecule has 0 saturated carbocycles. The largest absolute Gasteiger partial charge is 0.489 e. The fourth-order valence-corrected chi connectivity index (χ4v) is 4.52. The summed E-state index contributed by atoms with van der Waals surface area (Å²) in [6.07, 6.45) is 11.3. The standard InChI is InChI=1S/C30H26Cl2N2O2/c1-5-8-22-17-21(13-16-27(22)33-6-2)20-11-14-23(15-12-20)35-18-24-29(34-36-30(24)19(3)4)28-25(31)9-7-10-26(28)32/h5-17,19H,1-2,18H2,3-4H3/b22-8-,33-27-. The summed E-state index contributed by atoms with van der Waals surface area (Å²) >= 11 is 12.9. The van der Waals surface area contributed by atoms with E-state index in [1.807, 2.05) is 56.3 Å². The van der Waals surface area contributed by atoms with Gasteiger partial charge in [-0.25, -0.2) is 0 Å². The summed E-state index contributed by atoms with van der Waals surface area (Å²) in [7, 11) is 0. The Kier molecular flexibility index (Phi) is 8.09. The number of aliphatic imine (C=N–C) groups is 1. The zero-order valence-electron chi connectivity index (χ0n) is 20.2. The van der Waals surface area contributed by atoms with Gasteiger partial charge in [-0.2, -0.15) is 0 Å². The van der Waals surface area contributed by atoms with Gasteiger partial charge in [0, 0.05) is 23.3 Å². The van der Waals surface area contributed by atoms with Gasteiger partial charge < -0.3 is 9.26 Å². The first-order valence-corrected chi connectivity index (χ1v) is 12.3. The lowest BCUT2D eigenvalue weighted by Crippen LogP contribution is -2.02. The number of aromatic nitrogens is 1. The van der Waals surface area contributed by atoms with Crippen LogP contribution in [0.4, 0.5) is 0 Å². The molecule has 2 aromatic carbocycles. The van der Waals surface area contributed by atoms with E-state index in [9.17, 15) is 0 Å². The Morgan fingerprint density at radius 2 is 1.78 bits per heavy atom. The van der Waals surface area contributed by atoms with E-state index in [0.29, 0.717) is 21.3 Å². The van der Waals surface area contributed by atoms with Crippen LogP contribution in [-0.4, -0.2) is 10.9 Å². The number of benzene rings is 2. The number of halogens is 2. The van der Waals surface area contributed by atoms with Gasteiger partial charge in [0.05, 0.1) is 21.3 Å².